The Kier molecular flexibility index (Phi) is 5.99. The molecule has 0 unspecified atom stereocenters. The molecule has 4 aromatic rings. The van der Waals surface area contributed by atoms with Crippen LogP contribution in [0.25, 0.3) is 22.0 Å². The normalized spacial score (nSPS) is 14.9. The fourth-order valence-corrected chi connectivity index (χ4v) is 5.56. The van der Waals surface area contributed by atoms with E-state index in [-0.39, 0.29) is 42.7 Å². The quantitative estimate of drug-likeness (QED) is 0.431. The van der Waals surface area contributed by atoms with Crippen LogP contribution in [-0.2, 0) is 10.0 Å². The lowest BCUT2D eigenvalue weighted by atomic mass is 10.1. The monoisotopic (exact) mass is 493 g/mol. The van der Waals surface area contributed by atoms with Crippen LogP contribution in [0.15, 0.2) is 78.0 Å². The molecule has 0 radical (unpaired) electrons. The van der Waals surface area contributed by atoms with E-state index in [9.17, 15) is 13.2 Å². The van der Waals surface area contributed by atoms with Gasteiger partial charge in [-0.15, -0.1) is 10.2 Å². The summed E-state index contributed by atoms with van der Waals surface area (Å²) in [4.78, 5) is 18.7. The summed E-state index contributed by atoms with van der Waals surface area (Å²) in [5, 5.41) is 10.5. The minimum atomic E-state index is -3.68. The Bertz CT molecular complexity index is 1460. The highest BCUT2D eigenvalue weighted by molar-refractivity contribution is 7.89. The van der Waals surface area contributed by atoms with Gasteiger partial charge in [-0.25, -0.2) is 8.42 Å². The SMILES string of the molecule is O=C(c1ccc(-c2ccncc2)nn1)N1CCN(S(=O)(=O)c2ccc3cc(Cl)ccc3c2)CC1. The van der Waals surface area contributed by atoms with Crippen LogP contribution >= 0.6 is 11.6 Å². The van der Waals surface area contributed by atoms with Crippen molar-refractivity contribution in [2.75, 3.05) is 26.2 Å². The van der Waals surface area contributed by atoms with Crippen LogP contribution in [0.5, 0.6) is 0 Å². The van der Waals surface area contributed by atoms with Crippen molar-refractivity contribution in [3.63, 3.8) is 0 Å². The van der Waals surface area contributed by atoms with Gasteiger partial charge in [0.2, 0.25) is 10.0 Å². The number of sulfonamides is 1. The number of fused-ring (bicyclic) bond motifs is 1. The van der Waals surface area contributed by atoms with Crippen LogP contribution in [0.4, 0.5) is 0 Å². The lowest BCUT2D eigenvalue weighted by Gasteiger charge is -2.33. The summed E-state index contributed by atoms with van der Waals surface area (Å²) in [5.41, 5.74) is 1.73. The van der Waals surface area contributed by atoms with Gasteiger partial charge in [0.1, 0.15) is 0 Å². The Hall–Kier alpha value is -3.40. The second kappa shape index (κ2) is 9.09. The molecular formula is C24H20ClN5O3S. The lowest BCUT2D eigenvalue weighted by Crippen LogP contribution is -2.50. The summed E-state index contributed by atoms with van der Waals surface area (Å²) in [6, 6.07) is 17.3. The smallest absolute Gasteiger partial charge is 0.274 e. The van der Waals surface area contributed by atoms with Crippen molar-refractivity contribution in [3.8, 4) is 11.3 Å². The average Bonchev–Trinajstić information content (AvgIpc) is 2.88. The van der Waals surface area contributed by atoms with E-state index in [0.717, 1.165) is 16.3 Å². The molecule has 10 heteroatoms. The number of pyridine rings is 1. The van der Waals surface area contributed by atoms with Crippen molar-refractivity contribution in [1.82, 2.24) is 24.4 Å². The van der Waals surface area contributed by atoms with Crippen molar-refractivity contribution in [2.24, 2.45) is 0 Å². The van der Waals surface area contributed by atoms with Gasteiger partial charge in [-0.3, -0.25) is 9.78 Å². The maximum Gasteiger partial charge on any atom is 0.274 e. The molecule has 1 amide bonds. The number of amides is 1. The molecule has 34 heavy (non-hydrogen) atoms. The molecule has 0 N–H and O–H groups in total. The minimum absolute atomic E-state index is 0.204. The lowest BCUT2D eigenvalue weighted by molar-refractivity contribution is 0.0691. The number of hydrogen-bond donors (Lipinski definition) is 0. The van der Waals surface area contributed by atoms with Gasteiger partial charge in [0.05, 0.1) is 10.6 Å². The molecule has 1 aliphatic heterocycles. The Balaban J connectivity index is 1.27. The number of hydrogen-bond acceptors (Lipinski definition) is 6. The standard InChI is InChI=1S/C24H20ClN5O3S/c25-20-3-1-19-16-21(4-2-18(19)15-20)34(32,33)30-13-11-29(12-14-30)24(31)23-6-5-22(27-28-23)17-7-9-26-10-8-17/h1-10,15-16H,11-14H2. The molecule has 3 heterocycles. The van der Waals surface area contributed by atoms with E-state index >= 15 is 0 Å². The molecule has 8 nitrogen and oxygen atoms in total. The number of halogens is 1. The van der Waals surface area contributed by atoms with Gasteiger partial charge in [-0.05, 0) is 59.3 Å². The second-order valence-electron chi connectivity index (χ2n) is 7.89. The topological polar surface area (TPSA) is 96.4 Å². The van der Waals surface area contributed by atoms with Crippen LogP contribution in [0, 0.1) is 0 Å². The Labute approximate surface area is 201 Å². The molecule has 0 aliphatic carbocycles. The van der Waals surface area contributed by atoms with Gasteiger partial charge in [-0.2, -0.15) is 4.31 Å². The van der Waals surface area contributed by atoms with Crippen LogP contribution < -0.4 is 0 Å². The van der Waals surface area contributed by atoms with Crippen LogP contribution in [0.3, 0.4) is 0 Å². The molecular weight excluding hydrogens is 474 g/mol. The molecule has 0 bridgehead atoms. The number of aromatic nitrogens is 3. The summed E-state index contributed by atoms with van der Waals surface area (Å²) in [6.07, 6.45) is 3.33. The van der Waals surface area contributed by atoms with Crippen molar-refractivity contribution in [3.05, 3.63) is 83.8 Å². The summed E-state index contributed by atoms with van der Waals surface area (Å²) in [6.45, 7) is 0.953. The van der Waals surface area contributed by atoms with Crippen molar-refractivity contribution < 1.29 is 13.2 Å². The fourth-order valence-electron chi connectivity index (χ4n) is 3.92. The Morgan fingerprint density at radius 3 is 2.24 bits per heavy atom. The highest BCUT2D eigenvalue weighted by Gasteiger charge is 2.31. The number of carbonyl (C=O) groups is 1. The van der Waals surface area contributed by atoms with Gasteiger partial charge in [0.15, 0.2) is 5.69 Å². The maximum atomic E-state index is 13.2. The highest BCUT2D eigenvalue weighted by Crippen LogP contribution is 2.25. The van der Waals surface area contributed by atoms with Gasteiger partial charge in [0, 0.05) is 49.2 Å². The average molecular weight is 494 g/mol. The highest BCUT2D eigenvalue weighted by atomic mass is 35.5. The zero-order valence-electron chi connectivity index (χ0n) is 18.0. The molecule has 0 atom stereocenters. The van der Waals surface area contributed by atoms with E-state index < -0.39 is 10.0 Å². The van der Waals surface area contributed by atoms with E-state index in [0.29, 0.717) is 10.7 Å². The number of carbonyl (C=O) groups excluding carboxylic acids is 1. The maximum absolute atomic E-state index is 13.2. The van der Waals surface area contributed by atoms with E-state index in [4.69, 9.17) is 11.6 Å². The third kappa shape index (κ3) is 4.37. The van der Waals surface area contributed by atoms with E-state index in [1.165, 1.54) is 4.31 Å². The summed E-state index contributed by atoms with van der Waals surface area (Å²) < 4.78 is 27.8. The molecule has 0 saturated carbocycles. The first-order chi connectivity index (χ1) is 16.4. The van der Waals surface area contributed by atoms with Gasteiger partial charge < -0.3 is 4.90 Å². The second-order valence-corrected chi connectivity index (χ2v) is 10.3. The molecule has 1 fully saturated rings. The molecule has 1 saturated heterocycles. The first-order valence-electron chi connectivity index (χ1n) is 10.6. The van der Waals surface area contributed by atoms with Crippen LogP contribution in [0.2, 0.25) is 5.02 Å². The number of rotatable bonds is 4. The molecule has 2 aromatic heterocycles. The van der Waals surface area contributed by atoms with E-state index in [1.54, 1.807) is 65.8 Å². The number of benzene rings is 2. The Morgan fingerprint density at radius 1 is 0.824 bits per heavy atom. The van der Waals surface area contributed by atoms with Crippen molar-refractivity contribution in [1.29, 1.82) is 0 Å². The molecule has 172 valence electrons. The van der Waals surface area contributed by atoms with Gasteiger partial charge >= 0.3 is 0 Å². The van der Waals surface area contributed by atoms with Gasteiger partial charge in [0.25, 0.3) is 5.91 Å². The minimum Gasteiger partial charge on any atom is -0.335 e. The summed E-state index contributed by atoms with van der Waals surface area (Å²) >= 11 is 6.02. The molecule has 1 aliphatic rings. The summed E-state index contributed by atoms with van der Waals surface area (Å²) in [5.74, 6) is -0.270. The molecule has 5 rings (SSSR count). The largest absolute Gasteiger partial charge is 0.335 e. The van der Waals surface area contributed by atoms with E-state index in [1.807, 2.05) is 12.1 Å². The van der Waals surface area contributed by atoms with E-state index in [2.05, 4.69) is 15.2 Å². The zero-order valence-corrected chi connectivity index (χ0v) is 19.6. The fraction of sp³-hybridized carbons (Fsp3) is 0.167. The predicted octanol–water partition coefficient (Wildman–Crippen LogP) is 3.49. The van der Waals surface area contributed by atoms with Crippen LogP contribution in [0.1, 0.15) is 10.5 Å². The Morgan fingerprint density at radius 2 is 1.53 bits per heavy atom. The van der Waals surface area contributed by atoms with Gasteiger partial charge in [-0.1, -0.05) is 23.7 Å². The number of piperazine rings is 1. The zero-order chi connectivity index (χ0) is 23.7. The third-order valence-electron chi connectivity index (χ3n) is 5.80. The van der Waals surface area contributed by atoms with Crippen LogP contribution in [-0.4, -0.2) is 64.9 Å². The first kappa shape index (κ1) is 22.4. The molecule has 0 spiro atoms. The summed E-state index contributed by atoms with van der Waals surface area (Å²) in [7, 11) is -3.68. The molecule has 2 aromatic carbocycles. The first-order valence-corrected chi connectivity index (χ1v) is 12.5. The van der Waals surface area contributed by atoms with Crippen molar-refractivity contribution in [2.45, 2.75) is 4.90 Å². The predicted molar refractivity (Wildman–Crippen MR) is 129 cm³/mol. The van der Waals surface area contributed by atoms with Crippen molar-refractivity contribution >= 4 is 38.3 Å². The third-order valence-corrected chi connectivity index (χ3v) is 7.93. The number of nitrogens with zero attached hydrogens (tertiary/aromatic N) is 5.